The van der Waals surface area contributed by atoms with Gasteiger partial charge in [0.25, 0.3) is 0 Å². The number of hydrogen-bond acceptors (Lipinski definition) is 3. The van der Waals surface area contributed by atoms with E-state index in [4.69, 9.17) is 0 Å². The molecular formula is C17H19N3OS. The minimum Gasteiger partial charge on any atom is -0.356 e. The lowest BCUT2D eigenvalue weighted by Gasteiger charge is -2.06. The van der Waals surface area contributed by atoms with Crippen LogP contribution in [0.5, 0.6) is 0 Å². The summed E-state index contributed by atoms with van der Waals surface area (Å²) in [6, 6.07) is 10.4. The molecule has 0 unspecified atom stereocenters. The average molecular weight is 313 g/mol. The van der Waals surface area contributed by atoms with Crippen LogP contribution in [0, 0.1) is 6.92 Å². The van der Waals surface area contributed by atoms with Crippen molar-refractivity contribution in [3.8, 4) is 0 Å². The van der Waals surface area contributed by atoms with Crippen molar-refractivity contribution in [1.82, 2.24) is 15.1 Å². The molecule has 0 radical (unpaired) electrons. The second kappa shape index (κ2) is 6.75. The van der Waals surface area contributed by atoms with Crippen LogP contribution in [-0.4, -0.2) is 22.2 Å². The minimum absolute atomic E-state index is 0.0767. The van der Waals surface area contributed by atoms with Gasteiger partial charge in [0, 0.05) is 23.2 Å². The quantitative estimate of drug-likeness (QED) is 0.760. The number of amides is 1. The number of carbonyl (C=O) groups is 1. The number of benzene rings is 1. The van der Waals surface area contributed by atoms with Crippen molar-refractivity contribution in [2.24, 2.45) is 0 Å². The molecule has 0 saturated carbocycles. The summed E-state index contributed by atoms with van der Waals surface area (Å²) in [5.74, 6) is 0.0767. The summed E-state index contributed by atoms with van der Waals surface area (Å²) in [6.07, 6.45) is 3.20. The Balaban J connectivity index is 1.50. The van der Waals surface area contributed by atoms with Crippen LogP contribution in [0.3, 0.4) is 0 Å². The van der Waals surface area contributed by atoms with Crippen LogP contribution < -0.4 is 5.32 Å². The predicted octanol–water partition coefficient (Wildman–Crippen LogP) is 3.16. The van der Waals surface area contributed by atoms with Crippen molar-refractivity contribution >= 4 is 28.1 Å². The van der Waals surface area contributed by atoms with Gasteiger partial charge in [-0.15, -0.1) is 11.3 Å². The van der Waals surface area contributed by atoms with Crippen molar-refractivity contribution in [3.63, 3.8) is 0 Å². The Morgan fingerprint density at radius 1 is 1.36 bits per heavy atom. The molecule has 1 amide bonds. The molecule has 0 spiro atoms. The highest BCUT2D eigenvalue weighted by molar-refractivity contribution is 7.09. The van der Waals surface area contributed by atoms with E-state index in [1.165, 1.54) is 10.4 Å². The third-order valence-electron chi connectivity index (χ3n) is 3.62. The molecule has 0 atom stereocenters. The molecule has 0 aliphatic heterocycles. The van der Waals surface area contributed by atoms with Crippen molar-refractivity contribution in [2.75, 3.05) is 6.54 Å². The average Bonchev–Trinajstić information content (AvgIpc) is 3.14. The van der Waals surface area contributed by atoms with Gasteiger partial charge in [-0.3, -0.25) is 9.48 Å². The van der Waals surface area contributed by atoms with Gasteiger partial charge >= 0.3 is 0 Å². The first-order chi connectivity index (χ1) is 10.7. The molecule has 0 saturated heterocycles. The summed E-state index contributed by atoms with van der Waals surface area (Å²) in [6.45, 7) is 3.37. The number of nitrogens with one attached hydrogen (secondary N) is 1. The molecule has 1 N–H and O–H groups in total. The van der Waals surface area contributed by atoms with E-state index in [-0.39, 0.29) is 5.91 Å². The monoisotopic (exact) mass is 313 g/mol. The maximum Gasteiger partial charge on any atom is 0.221 e. The lowest BCUT2D eigenvalue weighted by Crippen LogP contribution is -2.26. The van der Waals surface area contributed by atoms with Crippen LogP contribution in [0.15, 0.2) is 41.9 Å². The maximum atomic E-state index is 11.9. The highest BCUT2D eigenvalue weighted by atomic mass is 32.1. The third-order valence-corrected chi connectivity index (χ3v) is 4.56. The molecule has 2 aromatic heterocycles. The molecule has 5 heteroatoms. The van der Waals surface area contributed by atoms with Gasteiger partial charge in [0.05, 0.1) is 18.3 Å². The normalized spacial score (nSPS) is 11.0. The van der Waals surface area contributed by atoms with E-state index in [1.807, 2.05) is 16.9 Å². The molecule has 4 nitrogen and oxygen atoms in total. The fourth-order valence-electron chi connectivity index (χ4n) is 2.43. The van der Waals surface area contributed by atoms with Gasteiger partial charge in [0.2, 0.25) is 5.91 Å². The van der Waals surface area contributed by atoms with Gasteiger partial charge in [-0.05, 0) is 36.4 Å². The van der Waals surface area contributed by atoms with Crippen LogP contribution in [-0.2, 0) is 17.8 Å². The maximum absolute atomic E-state index is 11.9. The molecule has 0 aliphatic rings. The van der Waals surface area contributed by atoms with Gasteiger partial charge < -0.3 is 5.32 Å². The Bertz CT molecular complexity index is 761. The number of nitrogens with zero attached hydrogens (tertiary/aromatic N) is 2. The van der Waals surface area contributed by atoms with E-state index < -0.39 is 0 Å². The molecule has 0 fully saturated rings. The standard InChI is InChI=1S/C17H19N3OS/c1-13-4-5-14-12-19-20(16(14)11-13)9-7-17(21)18-8-6-15-3-2-10-22-15/h2-5,10-12H,6-9H2,1H3,(H,18,21). The topological polar surface area (TPSA) is 46.9 Å². The van der Waals surface area contributed by atoms with Gasteiger partial charge in [0.15, 0.2) is 0 Å². The van der Waals surface area contributed by atoms with Crippen LogP contribution in [0.4, 0.5) is 0 Å². The summed E-state index contributed by atoms with van der Waals surface area (Å²) in [4.78, 5) is 13.2. The number of fused-ring (bicyclic) bond motifs is 1. The molecule has 1 aromatic carbocycles. The lowest BCUT2D eigenvalue weighted by molar-refractivity contribution is -0.121. The zero-order valence-electron chi connectivity index (χ0n) is 12.6. The predicted molar refractivity (Wildman–Crippen MR) is 90.1 cm³/mol. The Morgan fingerprint density at radius 2 is 2.27 bits per heavy atom. The van der Waals surface area contributed by atoms with Crippen LogP contribution >= 0.6 is 11.3 Å². The molecule has 0 bridgehead atoms. The Morgan fingerprint density at radius 3 is 3.09 bits per heavy atom. The molecule has 2 heterocycles. The number of aromatic nitrogens is 2. The number of rotatable bonds is 6. The first-order valence-corrected chi connectivity index (χ1v) is 8.31. The van der Waals surface area contributed by atoms with Crippen LogP contribution in [0.1, 0.15) is 16.9 Å². The van der Waals surface area contributed by atoms with E-state index >= 15 is 0 Å². The van der Waals surface area contributed by atoms with E-state index in [1.54, 1.807) is 11.3 Å². The van der Waals surface area contributed by atoms with Gasteiger partial charge in [-0.2, -0.15) is 5.10 Å². The number of thiophene rings is 1. The van der Waals surface area contributed by atoms with Gasteiger partial charge in [0.1, 0.15) is 0 Å². The second-order valence-corrected chi connectivity index (χ2v) is 6.39. The minimum atomic E-state index is 0.0767. The van der Waals surface area contributed by atoms with E-state index in [2.05, 4.69) is 47.0 Å². The fourth-order valence-corrected chi connectivity index (χ4v) is 3.14. The van der Waals surface area contributed by atoms with E-state index in [9.17, 15) is 4.79 Å². The van der Waals surface area contributed by atoms with Gasteiger partial charge in [-0.25, -0.2) is 0 Å². The first kappa shape index (κ1) is 14.8. The number of carbonyl (C=O) groups excluding carboxylic acids is 1. The summed E-state index contributed by atoms with van der Waals surface area (Å²) in [5, 5.41) is 10.5. The second-order valence-electron chi connectivity index (χ2n) is 5.36. The summed E-state index contributed by atoms with van der Waals surface area (Å²) >= 11 is 1.72. The first-order valence-electron chi connectivity index (χ1n) is 7.43. The van der Waals surface area contributed by atoms with Crippen LogP contribution in [0.25, 0.3) is 10.9 Å². The molecule has 22 heavy (non-hydrogen) atoms. The highest BCUT2D eigenvalue weighted by Crippen LogP contribution is 2.15. The molecule has 3 rings (SSSR count). The highest BCUT2D eigenvalue weighted by Gasteiger charge is 2.06. The Labute approximate surface area is 133 Å². The van der Waals surface area contributed by atoms with Gasteiger partial charge in [-0.1, -0.05) is 18.2 Å². The zero-order valence-corrected chi connectivity index (χ0v) is 13.4. The molecular weight excluding hydrogens is 294 g/mol. The smallest absolute Gasteiger partial charge is 0.221 e. The van der Waals surface area contributed by atoms with Crippen molar-refractivity contribution in [3.05, 3.63) is 52.3 Å². The van der Waals surface area contributed by atoms with Crippen molar-refractivity contribution < 1.29 is 4.79 Å². The summed E-state index contributed by atoms with van der Waals surface area (Å²) < 4.78 is 1.90. The Kier molecular flexibility index (Phi) is 4.53. The largest absolute Gasteiger partial charge is 0.356 e. The number of hydrogen-bond donors (Lipinski definition) is 1. The fraction of sp³-hybridized carbons (Fsp3) is 0.294. The Hall–Kier alpha value is -2.14. The third kappa shape index (κ3) is 3.54. The van der Waals surface area contributed by atoms with Crippen molar-refractivity contribution in [1.29, 1.82) is 0 Å². The summed E-state index contributed by atoms with van der Waals surface area (Å²) in [5.41, 5.74) is 2.29. The molecule has 0 aliphatic carbocycles. The molecule has 114 valence electrons. The zero-order chi connectivity index (χ0) is 15.4. The molecule has 3 aromatic rings. The number of aryl methyl sites for hydroxylation is 2. The summed E-state index contributed by atoms with van der Waals surface area (Å²) in [7, 11) is 0. The SMILES string of the molecule is Cc1ccc2cnn(CCC(=O)NCCc3cccs3)c2c1. The van der Waals surface area contributed by atoms with Crippen LogP contribution in [0.2, 0.25) is 0 Å². The van der Waals surface area contributed by atoms with Crippen molar-refractivity contribution in [2.45, 2.75) is 26.3 Å². The van der Waals surface area contributed by atoms with E-state index in [0.717, 1.165) is 17.3 Å². The lowest BCUT2D eigenvalue weighted by atomic mass is 10.2. The van der Waals surface area contributed by atoms with E-state index in [0.29, 0.717) is 19.5 Å².